The van der Waals surface area contributed by atoms with E-state index in [9.17, 15) is 4.39 Å². The monoisotopic (exact) mass is 426 g/mol. The molecule has 0 aliphatic rings. The van der Waals surface area contributed by atoms with Crippen molar-refractivity contribution in [3.05, 3.63) is 78.1 Å². The van der Waals surface area contributed by atoms with Crippen molar-refractivity contribution >= 4 is 23.0 Å². The third-order valence-electron chi connectivity index (χ3n) is 4.72. The number of hydrogen-bond donors (Lipinski definition) is 1. The van der Waals surface area contributed by atoms with Gasteiger partial charge in [0, 0.05) is 37.7 Å². The second-order valence-electron chi connectivity index (χ2n) is 7.05. The Morgan fingerprint density at radius 1 is 1.23 bits per heavy atom. The van der Waals surface area contributed by atoms with Crippen LogP contribution < -0.4 is 10.1 Å². The number of nitrogens with zero attached hydrogens (tertiary/aromatic N) is 3. The van der Waals surface area contributed by atoms with E-state index in [1.54, 1.807) is 19.2 Å². The number of nitrogens with one attached hydrogen (secondary N) is 1. The molecule has 1 aromatic heterocycles. The van der Waals surface area contributed by atoms with Crippen molar-refractivity contribution in [2.24, 2.45) is 0 Å². The lowest BCUT2D eigenvalue weighted by atomic mass is 10.2. The van der Waals surface area contributed by atoms with E-state index in [2.05, 4.69) is 15.2 Å². The van der Waals surface area contributed by atoms with E-state index in [-0.39, 0.29) is 5.82 Å². The van der Waals surface area contributed by atoms with Crippen LogP contribution in [0.25, 0.3) is 0 Å². The first kappa shape index (κ1) is 21.8. The highest BCUT2D eigenvalue weighted by molar-refractivity contribution is 7.80. The third kappa shape index (κ3) is 6.29. The minimum atomic E-state index is -0.249. The molecule has 0 unspecified atom stereocenters. The SMILES string of the molecule is CCOc1ccc(CN(CCCn2ccnc2)C(=S)Nc2ccc(C)c(F)c2)cc1. The summed E-state index contributed by atoms with van der Waals surface area (Å²) in [6.45, 7) is 6.60. The highest BCUT2D eigenvalue weighted by atomic mass is 32.1. The van der Waals surface area contributed by atoms with Crippen LogP contribution in [0.15, 0.2) is 61.2 Å². The van der Waals surface area contributed by atoms with Gasteiger partial charge in [-0.25, -0.2) is 9.37 Å². The molecule has 0 radical (unpaired) electrons. The second-order valence-corrected chi connectivity index (χ2v) is 7.43. The molecule has 0 fully saturated rings. The van der Waals surface area contributed by atoms with E-state index in [1.807, 2.05) is 54.3 Å². The number of aryl methyl sites for hydroxylation is 2. The fourth-order valence-corrected chi connectivity index (χ4v) is 3.34. The molecule has 2 aromatic carbocycles. The number of halogens is 1. The number of thiocarbonyl (C=S) groups is 1. The summed E-state index contributed by atoms with van der Waals surface area (Å²) in [6, 6.07) is 13.1. The Morgan fingerprint density at radius 2 is 2.03 bits per heavy atom. The number of anilines is 1. The van der Waals surface area contributed by atoms with Crippen LogP contribution in [0.3, 0.4) is 0 Å². The van der Waals surface area contributed by atoms with Crippen molar-refractivity contribution < 1.29 is 9.13 Å². The Hall–Kier alpha value is -2.93. The lowest BCUT2D eigenvalue weighted by Crippen LogP contribution is -2.35. The molecule has 0 bridgehead atoms. The Bertz CT molecular complexity index is 944. The quantitative estimate of drug-likeness (QED) is 0.487. The molecule has 0 aliphatic carbocycles. The molecule has 1 heterocycles. The van der Waals surface area contributed by atoms with Gasteiger partial charge in [0.25, 0.3) is 0 Å². The molecule has 7 heteroatoms. The molecule has 158 valence electrons. The van der Waals surface area contributed by atoms with Crippen LogP contribution in [0.4, 0.5) is 10.1 Å². The Morgan fingerprint density at radius 3 is 2.70 bits per heavy atom. The van der Waals surface area contributed by atoms with Crippen molar-refractivity contribution in [1.29, 1.82) is 0 Å². The number of imidazole rings is 1. The van der Waals surface area contributed by atoms with E-state index in [4.69, 9.17) is 17.0 Å². The average Bonchev–Trinajstić information content (AvgIpc) is 3.25. The standard InChI is InChI=1S/C23H27FN4OS/c1-3-29-21-9-6-19(7-10-21)16-28(13-4-12-27-14-11-25-17-27)23(30)26-20-8-5-18(2)22(24)15-20/h5-11,14-15,17H,3-4,12-13,16H2,1-2H3,(H,26,30). The van der Waals surface area contributed by atoms with Crippen molar-refractivity contribution in [2.75, 3.05) is 18.5 Å². The predicted molar refractivity (Wildman–Crippen MR) is 122 cm³/mol. The van der Waals surface area contributed by atoms with Gasteiger partial charge in [-0.15, -0.1) is 0 Å². The van der Waals surface area contributed by atoms with Gasteiger partial charge in [-0.1, -0.05) is 18.2 Å². The number of benzene rings is 2. The van der Waals surface area contributed by atoms with Crippen LogP contribution in [0.5, 0.6) is 5.75 Å². The van der Waals surface area contributed by atoms with Gasteiger partial charge in [-0.05, 0) is 67.9 Å². The van der Waals surface area contributed by atoms with Crippen molar-refractivity contribution in [1.82, 2.24) is 14.5 Å². The second kappa shape index (κ2) is 10.7. The fraction of sp³-hybridized carbons (Fsp3) is 0.304. The van der Waals surface area contributed by atoms with Crippen LogP contribution in [0.1, 0.15) is 24.5 Å². The maximum Gasteiger partial charge on any atom is 0.173 e. The average molecular weight is 427 g/mol. The molecule has 0 saturated carbocycles. The molecular formula is C23H27FN4OS. The van der Waals surface area contributed by atoms with Gasteiger partial charge in [0.05, 0.1) is 12.9 Å². The number of ether oxygens (including phenoxy) is 1. The third-order valence-corrected chi connectivity index (χ3v) is 5.08. The first-order valence-corrected chi connectivity index (χ1v) is 10.5. The van der Waals surface area contributed by atoms with Gasteiger partial charge in [-0.2, -0.15) is 0 Å². The molecule has 3 rings (SSSR count). The maximum absolute atomic E-state index is 13.9. The molecule has 30 heavy (non-hydrogen) atoms. The summed E-state index contributed by atoms with van der Waals surface area (Å²) in [5.74, 6) is 0.602. The summed E-state index contributed by atoms with van der Waals surface area (Å²) in [5.41, 5.74) is 2.38. The van der Waals surface area contributed by atoms with Gasteiger partial charge in [0.15, 0.2) is 5.11 Å². The van der Waals surface area contributed by atoms with Crippen LogP contribution >= 0.6 is 12.2 Å². The van der Waals surface area contributed by atoms with E-state index >= 15 is 0 Å². The molecule has 0 saturated heterocycles. The first-order valence-electron chi connectivity index (χ1n) is 10.0. The molecular weight excluding hydrogens is 399 g/mol. The number of hydrogen-bond acceptors (Lipinski definition) is 3. The number of rotatable bonds is 9. The van der Waals surface area contributed by atoms with Gasteiger partial charge in [0.1, 0.15) is 11.6 Å². The largest absolute Gasteiger partial charge is 0.494 e. The molecule has 0 aliphatic heterocycles. The van der Waals surface area contributed by atoms with Crippen LogP contribution in [0, 0.1) is 12.7 Å². The normalized spacial score (nSPS) is 10.6. The summed E-state index contributed by atoms with van der Waals surface area (Å²) in [4.78, 5) is 6.18. The maximum atomic E-state index is 13.9. The lowest BCUT2D eigenvalue weighted by molar-refractivity contribution is 0.340. The molecule has 0 atom stereocenters. The minimum Gasteiger partial charge on any atom is -0.494 e. The summed E-state index contributed by atoms with van der Waals surface area (Å²) < 4.78 is 21.5. The minimum absolute atomic E-state index is 0.249. The Balaban J connectivity index is 1.68. The fourth-order valence-electron chi connectivity index (χ4n) is 3.07. The molecule has 1 N–H and O–H groups in total. The van der Waals surface area contributed by atoms with E-state index < -0.39 is 0 Å². The van der Waals surface area contributed by atoms with Crippen molar-refractivity contribution in [3.63, 3.8) is 0 Å². The summed E-state index contributed by atoms with van der Waals surface area (Å²) in [6.07, 6.45) is 6.43. The van der Waals surface area contributed by atoms with Crippen LogP contribution in [-0.4, -0.2) is 32.7 Å². The highest BCUT2D eigenvalue weighted by Gasteiger charge is 2.12. The summed E-state index contributed by atoms with van der Waals surface area (Å²) in [7, 11) is 0. The molecule has 0 amide bonds. The zero-order valence-corrected chi connectivity index (χ0v) is 18.2. The van der Waals surface area contributed by atoms with E-state index in [0.717, 1.165) is 30.8 Å². The summed E-state index contributed by atoms with van der Waals surface area (Å²) in [5, 5.41) is 3.75. The topological polar surface area (TPSA) is 42.3 Å². The first-order chi connectivity index (χ1) is 14.5. The zero-order chi connectivity index (χ0) is 21.3. The smallest absolute Gasteiger partial charge is 0.173 e. The summed E-state index contributed by atoms with van der Waals surface area (Å²) >= 11 is 5.66. The van der Waals surface area contributed by atoms with Gasteiger partial charge in [0.2, 0.25) is 0 Å². The highest BCUT2D eigenvalue weighted by Crippen LogP contribution is 2.17. The molecule has 5 nitrogen and oxygen atoms in total. The van der Waals surface area contributed by atoms with Crippen LogP contribution in [0.2, 0.25) is 0 Å². The lowest BCUT2D eigenvalue weighted by Gasteiger charge is -2.26. The molecule has 3 aromatic rings. The van der Waals surface area contributed by atoms with Gasteiger partial charge in [-0.3, -0.25) is 0 Å². The van der Waals surface area contributed by atoms with E-state index in [1.165, 1.54) is 6.07 Å². The van der Waals surface area contributed by atoms with Crippen molar-refractivity contribution in [3.8, 4) is 5.75 Å². The van der Waals surface area contributed by atoms with Crippen LogP contribution in [-0.2, 0) is 13.1 Å². The Labute approximate surface area is 182 Å². The van der Waals surface area contributed by atoms with Crippen molar-refractivity contribution in [2.45, 2.75) is 33.4 Å². The number of aromatic nitrogens is 2. The zero-order valence-electron chi connectivity index (χ0n) is 17.3. The van der Waals surface area contributed by atoms with Gasteiger partial charge < -0.3 is 19.5 Å². The predicted octanol–water partition coefficient (Wildman–Crippen LogP) is 5.02. The van der Waals surface area contributed by atoms with E-state index in [0.29, 0.717) is 29.5 Å². The van der Waals surface area contributed by atoms with Gasteiger partial charge >= 0.3 is 0 Å². The Kier molecular flexibility index (Phi) is 7.79. The molecule has 0 spiro atoms.